The zero-order valence-electron chi connectivity index (χ0n) is 9.88. The van der Waals surface area contributed by atoms with Crippen LogP contribution in [0, 0.1) is 5.82 Å². The Balaban J connectivity index is 2.33. The van der Waals surface area contributed by atoms with E-state index in [4.69, 9.17) is 5.73 Å². The summed E-state index contributed by atoms with van der Waals surface area (Å²) in [4.78, 5) is 12.2. The van der Waals surface area contributed by atoms with Crippen molar-refractivity contribution in [1.29, 1.82) is 0 Å². The first kappa shape index (κ1) is 15.5. The highest BCUT2D eigenvalue weighted by atomic mass is 79.9. The molecule has 0 unspecified atom stereocenters. The van der Waals surface area contributed by atoms with Crippen molar-refractivity contribution in [3.8, 4) is 0 Å². The fourth-order valence-corrected chi connectivity index (χ4v) is 2.73. The topological polar surface area (TPSA) is 55.1 Å². The third-order valence-electron chi connectivity index (χ3n) is 2.51. The van der Waals surface area contributed by atoms with Crippen LogP contribution in [0.3, 0.4) is 0 Å². The van der Waals surface area contributed by atoms with Gasteiger partial charge in [-0.05, 0) is 62.2 Å². The molecule has 0 spiro atoms. The summed E-state index contributed by atoms with van der Waals surface area (Å²) in [6.45, 7) is 0. The molecule has 3 N–H and O–H groups in total. The molecule has 0 radical (unpaired) electrons. The van der Waals surface area contributed by atoms with Gasteiger partial charge in [-0.25, -0.2) is 4.39 Å². The molecule has 0 aliphatic carbocycles. The number of carbonyl (C=O) groups is 1. The van der Waals surface area contributed by atoms with Gasteiger partial charge in [-0.15, -0.1) is 0 Å². The lowest BCUT2D eigenvalue weighted by atomic mass is 10.1. The second-order valence-corrected chi connectivity index (χ2v) is 6.56. The van der Waals surface area contributed by atoms with Crippen LogP contribution in [0.15, 0.2) is 43.7 Å². The van der Waals surface area contributed by atoms with E-state index in [0.717, 1.165) is 8.95 Å². The predicted molar refractivity (Wildman–Crippen MR) is 88.3 cm³/mol. The monoisotopic (exact) mass is 464 g/mol. The van der Waals surface area contributed by atoms with E-state index < -0.39 is 5.82 Å². The Kier molecular flexibility index (Phi) is 4.82. The van der Waals surface area contributed by atoms with Gasteiger partial charge in [0.25, 0.3) is 5.91 Å². The number of hydrogen-bond acceptors (Lipinski definition) is 2. The van der Waals surface area contributed by atoms with E-state index in [2.05, 4.69) is 53.1 Å². The normalized spacial score (nSPS) is 10.4. The summed E-state index contributed by atoms with van der Waals surface area (Å²) in [6, 6.07) is 7.85. The van der Waals surface area contributed by atoms with Crippen LogP contribution in [0.5, 0.6) is 0 Å². The summed E-state index contributed by atoms with van der Waals surface area (Å²) >= 11 is 9.82. The zero-order valence-corrected chi connectivity index (χ0v) is 14.6. The fourth-order valence-electron chi connectivity index (χ4n) is 1.52. The van der Waals surface area contributed by atoms with Gasteiger partial charge in [0.1, 0.15) is 5.82 Å². The zero-order chi connectivity index (χ0) is 14.9. The van der Waals surface area contributed by atoms with Gasteiger partial charge in [-0.1, -0.05) is 15.9 Å². The highest BCUT2D eigenvalue weighted by Gasteiger charge is 2.14. The Labute approximate surface area is 140 Å². The Morgan fingerprint density at radius 2 is 1.80 bits per heavy atom. The second kappa shape index (κ2) is 6.24. The number of rotatable bonds is 2. The number of amides is 1. The van der Waals surface area contributed by atoms with Crippen molar-refractivity contribution >= 4 is 65.1 Å². The molecule has 7 heteroatoms. The van der Waals surface area contributed by atoms with E-state index in [-0.39, 0.29) is 17.2 Å². The molecule has 0 bridgehead atoms. The van der Waals surface area contributed by atoms with Crippen LogP contribution in [0.25, 0.3) is 0 Å². The van der Waals surface area contributed by atoms with Crippen molar-refractivity contribution in [3.05, 3.63) is 55.1 Å². The lowest BCUT2D eigenvalue weighted by Crippen LogP contribution is -2.14. The molecule has 2 aromatic rings. The predicted octanol–water partition coefficient (Wildman–Crippen LogP) is 4.95. The van der Waals surface area contributed by atoms with Gasteiger partial charge in [0.2, 0.25) is 0 Å². The van der Waals surface area contributed by atoms with Crippen molar-refractivity contribution in [1.82, 2.24) is 0 Å². The van der Waals surface area contributed by atoms with E-state index in [1.54, 1.807) is 12.1 Å². The van der Waals surface area contributed by atoms with Crippen molar-refractivity contribution in [2.24, 2.45) is 0 Å². The minimum absolute atomic E-state index is 0.0772. The average Bonchev–Trinajstić information content (AvgIpc) is 2.38. The average molecular weight is 467 g/mol. The summed E-state index contributed by atoms with van der Waals surface area (Å²) in [5.74, 6) is -0.959. The maximum atomic E-state index is 13.3. The standard InChI is InChI=1S/C13H8Br3FN2O/c14-6-1-2-8(15)12(3-6)19-13(20)7-4-11(18)10(17)5-9(7)16/h1-5H,18H2,(H,19,20). The molecule has 0 saturated heterocycles. The largest absolute Gasteiger partial charge is 0.396 e. The summed E-state index contributed by atoms with van der Waals surface area (Å²) in [5.41, 5.74) is 6.26. The van der Waals surface area contributed by atoms with E-state index >= 15 is 0 Å². The molecule has 1 amide bonds. The number of nitrogens with two attached hydrogens (primary N) is 1. The molecular formula is C13H8Br3FN2O. The summed E-state index contributed by atoms with van der Waals surface area (Å²) in [6.07, 6.45) is 0. The van der Waals surface area contributed by atoms with E-state index in [9.17, 15) is 9.18 Å². The second-order valence-electron chi connectivity index (χ2n) is 3.93. The van der Waals surface area contributed by atoms with Gasteiger partial charge in [-0.3, -0.25) is 4.79 Å². The van der Waals surface area contributed by atoms with Crippen LogP contribution in [0.2, 0.25) is 0 Å². The van der Waals surface area contributed by atoms with Gasteiger partial charge in [-0.2, -0.15) is 0 Å². The third-order valence-corrected chi connectivity index (χ3v) is 4.35. The van der Waals surface area contributed by atoms with Crippen LogP contribution < -0.4 is 11.1 Å². The quantitative estimate of drug-likeness (QED) is 0.615. The summed E-state index contributed by atoms with van der Waals surface area (Å²) in [5, 5.41) is 2.73. The molecule has 0 aliphatic rings. The number of nitrogen functional groups attached to an aromatic ring is 1. The molecular weight excluding hydrogens is 459 g/mol. The highest BCUT2D eigenvalue weighted by Crippen LogP contribution is 2.28. The molecule has 104 valence electrons. The van der Waals surface area contributed by atoms with Gasteiger partial charge in [0, 0.05) is 13.4 Å². The van der Waals surface area contributed by atoms with E-state index in [1.165, 1.54) is 12.1 Å². The minimum Gasteiger partial charge on any atom is -0.396 e. The molecule has 0 aromatic heterocycles. The van der Waals surface area contributed by atoms with E-state index in [0.29, 0.717) is 10.2 Å². The Morgan fingerprint density at radius 1 is 1.10 bits per heavy atom. The molecule has 0 atom stereocenters. The molecule has 2 rings (SSSR count). The van der Waals surface area contributed by atoms with Gasteiger partial charge in [0.05, 0.1) is 16.9 Å². The third kappa shape index (κ3) is 3.39. The van der Waals surface area contributed by atoms with Crippen molar-refractivity contribution in [2.75, 3.05) is 11.1 Å². The number of hydrogen-bond donors (Lipinski definition) is 2. The minimum atomic E-state index is -0.572. The Bertz CT molecular complexity index is 692. The van der Waals surface area contributed by atoms with Crippen LogP contribution in [0.4, 0.5) is 15.8 Å². The summed E-state index contributed by atoms with van der Waals surface area (Å²) < 4.78 is 15.2. The smallest absolute Gasteiger partial charge is 0.256 e. The maximum Gasteiger partial charge on any atom is 0.256 e. The van der Waals surface area contributed by atoms with Gasteiger partial charge in [0.15, 0.2) is 0 Å². The van der Waals surface area contributed by atoms with Crippen LogP contribution in [-0.4, -0.2) is 5.91 Å². The number of halogens is 4. The molecule has 0 heterocycles. The fraction of sp³-hybridized carbons (Fsp3) is 0. The number of carbonyl (C=O) groups excluding carboxylic acids is 1. The molecule has 0 saturated carbocycles. The molecule has 0 aliphatic heterocycles. The lowest BCUT2D eigenvalue weighted by molar-refractivity contribution is 0.102. The van der Waals surface area contributed by atoms with Gasteiger partial charge >= 0.3 is 0 Å². The molecule has 2 aromatic carbocycles. The Hall–Kier alpha value is -0.920. The molecule has 20 heavy (non-hydrogen) atoms. The Morgan fingerprint density at radius 3 is 2.50 bits per heavy atom. The first-order valence-corrected chi connectivity index (χ1v) is 7.77. The van der Waals surface area contributed by atoms with Crippen LogP contribution >= 0.6 is 47.8 Å². The van der Waals surface area contributed by atoms with Crippen LogP contribution in [0.1, 0.15) is 10.4 Å². The summed E-state index contributed by atoms with van der Waals surface area (Å²) in [7, 11) is 0. The SMILES string of the molecule is Nc1cc(C(=O)Nc2cc(Br)ccc2Br)c(Br)cc1F. The number of benzene rings is 2. The maximum absolute atomic E-state index is 13.3. The van der Waals surface area contributed by atoms with E-state index in [1.807, 2.05) is 6.07 Å². The molecule has 3 nitrogen and oxygen atoms in total. The molecule has 0 fully saturated rings. The number of nitrogens with one attached hydrogen (secondary N) is 1. The first-order valence-electron chi connectivity index (χ1n) is 5.39. The first-order chi connectivity index (χ1) is 9.38. The van der Waals surface area contributed by atoms with Crippen molar-refractivity contribution < 1.29 is 9.18 Å². The van der Waals surface area contributed by atoms with Gasteiger partial charge < -0.3 is 11.1 Å². The highest BCUT2D eigenvalue weighted by molar-refractivity contribution is 9.11. The lowest BCUT2D eigenvalue weighted by Gasteiger charge is -2.10. The van der Waals surface area contributed by atoms with Crippen LogP contribution in [-0.2, 0) is 0 Å². The van der Waals surface area contributed by atoms with Crippen molar-refractivity contribution in [2.45, 2.75) is 0 Å². The van der Waals surface area contributed by atoms with Crippen molar-refractivity contribution in [3.63, 3.8) is 0 Å². The number of anilines is 2.